The van der Waals surface area contributed by atoms with Crippen LogP contribution in [0.1, 0.15) is 40.7 Å². The number of nitrogens with zero attached hydrogens (tertiary/aromatic N) is 2. The van der Waals surface area contributed by atoms with Crippen molar-refractivity contribution >= 4 is 17.6 Å². The fourth-order valence-corrected chi connectivity index (χ4v) is 4.13. The number of nitrogens with one attached hydrogen (secondary N) is 2. The van der Waals surface area contributed by atoms with E-state index in [4.69, 9.17) is 10.00 Å². The minimum atomic E-state index is -1.58. The van der Waals surface area contributed by atoms with Gasteiger partial charge in [0.15, 0.2) is 0 Å². The molecule has 4 rings (SSSR count). The molecule has 172 valence electrons. The fraction of sp³-hybridized carbons (Fsp3) is 0.375. The zero-order valence-corrected chi connectivity index (χ0v) is 17.9. The van der Waals surface area contributed by atoms with E-state index in [1.807, 2.05) is 6.07 Å². The molecule has 2 aliphatic heterocycles. The first-order valence-electron chi connectivity index (χ1n) is 10.8. The van der Waals surface area contributed by atoms with Crippen LogP contribution in [-0.2, 0) is 10.4 Å². The SMILES string of the molecule is N#Cc1ccc(C2(F)CCN(C(=O)c3ccc(F)c(NC(=O)NC4CCOC4)c3)CC2)cc1. The summed E-state index contributed by atoms with van der Waals surface area (Å²) in [6, 6.07) is 11.4. The van der Waals surface area contributed by atoms with Crippen molar-refractivity contribution in [3.05, 3.63) is 65.0 Å². The molecule has 0 bridgehead atoms. The van der Waals surface area contributed by atoms with Gasteiger partial charge in [0.2, 0.25) is 0 Å². The molecule has 0 spiro atoms. The van der Waals surface area contributed by atoms with Gasteiger partial charge in [-0.3, -0.25) is 4.79 Å². The number of carbonyl (C=O) groups excluding carboxylic acids is 2. The van der Waals surface area contributed by atoms with Crippen LogP contribution in [0.15, 0.2) is 42.5 Å². The van der Waals surface area contributed by atoms with Gasteiger partial charge in [0, 0.05) is 38.1 Å². The van der Waals surface area contributed by atoms with Crippen molar-refractivity contribution in [1.82, 2.24) is 10.2 Å². The predicted molar refractivity (Wildman–Crippen MR) is 117 cm³/mol. The molecular weight excluding hydrogens is 430 g/mol. The highest BCUT2D eigenvalue weighted by molar-refractivity contribution is 5.97. The van der Waals surface area contributed by atoms with Crippen LogP contribution >= 0.6 is 0 Å². The van der Waals surface area contributed by atoms with Crippen LogP contribution in [0.4, 0.5) is 19.3 Å². The van der Waals surface area contributed by atoms with Crippen molar-refractivity contribution in [2.75, 3.05) is 31.6 Å². The monoisotopic (exact) mass is 454 g/mol. The third kappa shape index (κ3) is 5.12. The highest BCUT2D eigenvalue weighted by Crippen LogP contribution is 2.37. The van der Waals surface area contributed by atoms with E-state index in [0.29, 0.717) is 30.8 Å². The number of anilines is 1. The smallest absolute Gasteiger partial charge is 0.319 e. The minimum Gasteiger partial charge on any atom is -0.379 e. The molecule has 2 heterocycles. The molecule has 0 aromatic heterocycles. The maximum atomic E-state index is 15.5. The summed E-state index contributed by atoms with van der Waals surface area (Å²) >= 11 is 0. The van der Waals surface area contributed by atoms with Gasteiger partial charge in [0.25, 0.3) is 5.91 Å². The van der Waals surface area contributed by atoms with Crippen molar-refractivity contribution < 1.29 is 23.1 Å². The number of likely N-dealkylation sites (tertiary alicyclic amines) is 1. The molecule has 1 atom stereocenters. The molecule has 2 aromatic carbocycles. The summed E-state index contributed by atoms with van der Waals surface area (Å²) in [7, 11) is 0. The number of hydrogen-bond donors (Lipinski definition) is 2. The number of carbonyl (C=O) groups is 2. The Hall–Kier alpha value is -3.51. The molecule has 2 fully saturated rings. The molecule has 2 aromatic rings. The summed E-state index contributed by atoms with van der Waals surface area (Å²) < 4.78 is 34.9. The Kier molecular flexibility index (Phi) is 6.56. The van der Waals surface area contributed by atoms with E-state index in [-0.39, 0.29) is 49.1 Å². The average Bonchev–Trinajstić information content (AvgIpc) is 3.33. The van der Waals surface area contributed by atoms with Gasteiger partial charge in [-0.1, -0.05) is 12.1 Å². The number of alkyl halides is 1. The number of piperidine rings is 1. The van der Waals surface area contributed by atoms with Gasteiger partial charge in [-0.05, 0) is 42.3 Å². The number of ether oxygens (including phenoxy) is 1. The fourth-order valence-electron chi connectivity index (χ4n) is 4.13. The Bertz CT molecular complexity index is 1070. The van der Waals surface area contributed by atoms with Crippen LogP contribution < -0.4 is 10.6 Å². The number of rotatable bonds is 4. The summed E-state index contributed by atoms with van der Waals surface area (Å²) in [6.07, 6.45) is 0.910. The zero-order chi connectivity index (χ0) is 23.4. The number of amides is 3. The van der Waals surface area contributed by atoms with Crippen LogP contribution in [0, 0.1) is 17.1 Å². The van der Waals surface area contributed by atoms with Crippen LogP contribution in [0.3, 0.4) is 0 Å². The molecule has 3 amide bonds. The lowest BCUT2D eigenvalue weighted by molar-refractivity contribution is 0.0421. The Balaban J connectivity index is 1.39. The van der Waals surface area contributed by atoms with Crippen LogP contribution in [0.5, 0.6) is 0 Å². The quantitative estimate of drug-likeness (QED) is 0.737. The molecule has 1 unspecified atom stereocenters. The van der Waals surface area contributed by atoms with Gasteiger partial charge >= 0.3 is 6.03 Å². The van der Waals surface area contributed by atoms with Crippen LogP contribution in [0.2, 0.25) is 0 Å². The van der Waals surface area contributed by atoms with Gasteiger partial charge in [-0.25, -0.2) is 13.6 Å². The summed E-state index contributed by atoms with van der Waals surface area (Å²) in [4.78, 5) is 26.6. The highest BCUT2D eigenvalue weighted by atomic mass is 19.1. The Morgan fingerprint density at radius 3 is 2.52 bits per heavy atom. The summed E-state index contributed by atoms with van der Waals surface area (Å²) in [5.41, 5.74) is -0.531. The summed E-state index contributed by atoms with van der Waals surface area (Å²) in [5.74, 6) is -1.02. The molecule has 7 nitrogen and oxygen atoms in total. The van der Waals surface area contributed by atoms with Crippen molar-refractivity contribution in [3.8, 4) is 6.07 Å². The highest BCUT2D eigenvalue weighted by Gasteiger charge is 2.37. The third-order valence-corrected chi connectivity index (χ3v) is 6.10. The second kappa shape index (κ2) is 9.55. The minimum absolute atomic E-state index is 0.105. The van der Waals surface area contributed by atoms with Gasteiger partial charge in [-0.2, -0.15) is 5.26 Å². The number of halogens is 2. The van der Waals surface area contributed by atoms with Crippen molar-refractivity contribution in [3.63, 3.8) is 0 Å². The maximum absolute atomic E-state index is 15.5. The van der Waals surface area contributed by atoms with E-state index >= 15 is 4.39 Å². The summed E-state index contributed by atoms with van der Waals surface area (Å²) in [6.45, 7) is 1.35. The first-order valence-corrected chi connectivity index (χ1v) is 10.8. The average molecular weight is 454 g/mol. The van der Waals surface area contributed by atoms with Gasteiger partial charge in [0.1, 0.15) is 11.5 Å². The lowest BCUT2D eigenvalue weighted by Crippen LogP contribution is -2.43. The molecule has 2 aliphatic rings. The predicted octanol–water partition coefficient (Wildman–Crippen LogP) is 3.71. The molecule has 0 aliphatic carbocycles. The van der Waals surface area contributed by atoms with Crippen LogP contribution in [-0.4, -0.2) is 49.2 Å². The molecular formula is C24H24F2N4O3. The summed E-state index contributed by atoms with van der Waals surface area (Å²) in [5, 5.41) is 14.1. The Labute approximate surface area is 190 Å². The lowest BCUT2D eigenvalue weighted by Gasteiger charge is -2.36. The van der Waals surface area contributed by atoms with Crippen molar-refractivity contribution in [2.45, 2.75) is 31.0 Å². The maximum Gasteiger partial charge on any atom is 0.319 e. The number of urea groups is 1. The van der Waals surface area contributed by atoms with Gasteiger partial charge < -0.3 is 20.3 Å². The van der Waals surface area contributed by atoms with E-state index in [0.717, 1.165) is 6.07 Å². The molecule has 0 saturated carbocycles. The Morgan fingerprint density at radius 1 is 1.15 bits per heavy atom. The molecule has 9 heteroatoms. The first kappa shape index (κ1) is 22.7. The van der Waals surface area contributed by atoms with Crippen molar-refractivity contribution in [2.24, 2.45) is 0 Å². The van der Waals surface area contributed by atoms with E-state index in [1.54, 1.807) is 24.3 Å². The third-order valence-electron chi connectivity index (χ3n) is 6.10. The second-order valence-electron chi connectivity index (χ2n) is 8.30. The molecule has 2 saturated heterocycles. The normalized spacial score (nSPS) is 19.5. The lowest BCUT2D eigenvalue weighted by atomic mass is 9.85. The second-order valence-corrected chi connectivity index (χ2v) is 8.30. The molecule has 2 N–H and O–H groups in total. The largest absolute Gasteiger partial charge is 0.379 e. The van der Waals surface area contributed by atoms with Crippen LogP contribution in [0.25, 0.3) is 0 Å². The zero-order valence-electron chi connectivity index (χ0n) is 17.9. The first-order chi connectivity index (χ1) is 15.9. The van der Waals surface area contributed by atoms with E-state index in [9.17, 15) is 14.0 Å². The van der Waals surface area contributed by atoms with Gasteiger partial charge in [0.05, 0.1) is 30.0 Å². The van der Waals surface area contributed by atoms with Crippen molar-refractivity contribution in [1.29, 1.82) is 5.26 Å². The number of benzene rings is 2. The molecule has 33 heavy (non-hydrogen) atoms. The van der Waals surface area contributed by atoms with E-state index in [2.05, 4.69) is 10.6 Å². The Morgan fingerprint density at radius 2 is 1.88 bits per heavy atom. The van der Waals surface area contributed by atoms with E-state index in [1.165, 1.54) is 17.0 Å². The topological polar surface area (TPSA) is 94.5 Å². The standard InChI is InChI=1S/C24H24F2N4O3/c25-20-6-3-17(13-21(20)29-23(32)28-19-7-12-33-15-19)22(31)30-10-8-24(26,9-11-30)18-4-1-16(14-27)2-5-18/h1-6,13,19H,7-12,15H2,(H2,28,29,32). The number of hydrogen-bond acceptors (Lipinski definition) is 4. The number of nitriles is 1. The molecule has 0 radical (unpaired) electrons. The van der Waals surface area contributed by atoms with Gasteiger partial charge in [-0.15, -0.1) is 0 Å². The van der Waals surface area contributed by atoms with E-state index < -0.39 is 17.5 Å².